The number of carbonyl (C=O) groups is 1. The summed E-state index contributed by atoms with van der Waals surface area (Å²) >= 11 is 3.05. The fourth-order valence-electron chi connectivity index (χ4n) is 1.57. The Kier molecular flexibility index (Phi) is 5.87. The van der Waals surface area contributed by atoms with Gasteiger partial charge in [-0.1, -0.05) is 0 Å². The van der Waals surface area contributed by atoms with E-state index in [1.54, 1.807) is 6.92 Å². The van der Waals surface area contributed by atoms with Gasteiger partial charge in [0, 0.05) is 33.3 Å². The zero-order valence-electron chi connectivity index (χ0n) is 10.8. The van der Waals surface area contributed by atoms with Crippen LogP contribution in [0, 0.1) is 0 Å². The summed E-state index contributed by atoms with van der Waals surface area (Å²) in [5.41, 5.74) is -0.0152. The number of carboxylic acid groups (broad SMARTS) is 1. The lowest BCUT2D eigenvalue weighted by Crippen LogP contribution is -2.36. The molecule has 1 rings (SSSR count). The monoisotopic (exact) mass is 383 g/mol. The van der Waals surface area contributed by atoms with Crippen LogP contribution >= 0.6 is 15.9 Å². The zero-order valence-corrected chi connectivity index (χ0v) is 14.0. The van der Waals surface area contributed by atoms with Gasteiger partial charge in [-0.25, -0.2) is 17.9 Å². The molecule has 0 amide bonds. The van der Waals surface area contributed by atoms with Gasteiger partial charge < -0.3 is 5.11 Å². The third kappa shape index (κ3) is 4.65. The second-order valence-electron chi connectivity index (χ2n) is 4.21. The molecule has 9 heteroatoms. The van der Waals surface area contributed by atoms with Crippen LogP contribution in [0.15, 0.2) is 27.6 Å². The fourth-order valence-corrected chi connectivity index (χ4v) is 4.78. The van der Waals surface area contributed by atoms with E-state index in [-0.39, 0.29) is 20.7 Å². The standard InChI is InChI=1S/C11H14BrNO5S2/c1-7(6-19(2)16)13-20(17,18)10-4-3-8(11(14)15)5-9(10)12/h3-5,7,13H,6H2,1-2H3,(H,14,15). The van der Waals surface area contributed by atoms with Crippen molar-refractivity contribution in [1.82, 2.24) is 4.72 Å². The van der Waals surface area contributed by atoms with Crippen LogP contribution in [0.3, 0.4) is 0 Å². The molecule has 1 aromatic rings. The van der Waals surface area contributed by atoms with Crippen molar-refractivity contribution in [1.29, 1.82) is 0 Å². The van der Waals surface area contributed by atoms with Crippen LogP contribution in [0.25, 0.3) is 0 Å². The Balaban J connectivity index is 3.04. The summed E-state index contributed by atoms with van der Waals surface area (Å²) in [6.45, 7) is 1.61. The van der Waals surface area contributed by atoms with Crippen molar-refractivity contribution in [2.75, 3.05) is 12.0 Å². The SMILES string of the molecule is CC(CS(C)=O)NS(=O)(=O)c1ccc(C(=O)O)cc1Br. The van der Waals surface area contributed by atoms with E-state index in [1.807, 2.05) is 0 Å². The first-order valence-electron chi connectivity index (χ1n) is 5.48. The Labute approximate surface area is 128 Å². The summed E-state index contributed by atoms with van der Waals surface area (Å²) in [6, 6.07) is 3.16. The summed E-state index contributed by atoms with van der Waals surface area (Å²) in [5.74, 6) is -0.943. The summed E-state index contributed by atoms with van der Waals surface area (Å²) in [7, 11) is -4.92. The molecule has 20 heavy (non-hydrogen) atoms. The number of hydrogen-bond donors (Lipinski definition) is 2. The van der Waals surface area contributed by atoms with Crippen LogP contribution in [-0.4, -0.2) is 41.8 Å². The minimum atomic E-state index is -3.80. The summed E-state index contributed by atoms with van der Waals surface area (Å²) in [6.07, 6.45) is 1.49. The van der Waals surface area contributed by atoms with E-state index in [1.165, 1.54) is 24.5 Å². The van der Waals surface area contributed by atoms with E-state index in [0.717, 1.165) is 0 Å². The van der Waals surface area contributed by atoms with Crippen LogP contribution in [-0.2, 0) is 20.8 Å². The number of rotatable bonds is 6. The van der Waals surface area contributed by atoms with Crippen molar-refractivity contribution in [3.63, 3.8) is 0 Å². The molecule has 0 saturated carbocycles. The predicted molar refractivity (Wildman–Crippen MR) is 79.8 cm³/mol. The Morgan fingerprint density at radius 3 is 2.55 bits per heavy atom. The van der Waals surface area contributed by atoms with Crippen molar-refractivity contribution in [3.8, 4) is 0 Å². The summed E-state index contributed by atoms with van der Waals surface area (Å²) in [4.78, 5) is 10.7. The van der Waals surface area contributed by atoms with Gasteiger partial charge in [-0.15, -0.1) is 0 Å². The molecule has 0 heterocycles. The topological polar surface area (TPSA) is 101 Å². The normalized spacial score (nSPS) is 14.8. The lowest BCUT2D eigenvalue weighted by atomic mass is 10.2. The average Bonchev–Trinajstić information content (AvgIpc) is 2.25. The van der Waals surface area contributed by atoms with E-state index >= 15 is 0 Å². The van der Waals surface area contributed by atoms with Gasteiger partial charge >= 0.3 is 5.97 Å². The van der Waals surface area contributed by atoms with Crippen LogP contribution in [0.1, 0.15) is 17.3 Å². The van der Waals surface area contributed by atoms with Crippen molar-refractivity contribution >= 4 is 42.7 Å². The zero-order chi connectivity index (χ0) is 15.5. The molecule has 0 aliphatic carbocycles. The number of halogens is 1. The number of benzene rings is 1. The first-order chi connectivity index (χ1) is 9.13. The molecule has 0 saturated heterocycles. The van der Waals surface area contributed by atoms with E-state index in [0.29, 0.717) is 0 Å². The molecule has 112 valence electrons. The first kappa shape index (κ1) is 17.3. The van der Waals surface area contributed by atoms with Gasteiger partial charge in [0.1, 0.15) is 0 Å². The smallest absolute Gasteiger partial charge is 0.335 e. The molecule has 1 aromatic carbocycles. The number of sulfonamides is 1. The summed E-state index contributed by atoms with van der Waals surface area (Å²) in [5, 5.41) is 8.83. The number of hydrogen-bond acceptors (Lipinski definition) is 4. The Morgan fingerprint density at radius 1 is 1.50 bits per heavy atom. The van der Waals surface area contributed by atoms with Crippen molar-refractivity contribution < 1.29 is 22.5 Å². The fraction of sp³-hybridized carbons (Fsp3) is 0.364. The van der Waals surface area contributed by atoms with Crippen LogP contribution in [0.4, 0.5) is 0 Å². The molecule has 0 aromatic heterocycles. The maximum absolute atomic E-state index is 12.1. The third-order valence-corrected chi connectivity index (χ3v) is 5.85. The first-order valence-corrected chi connectivity index (χ1v) is 9.49. The predicted octanol–water partition coefficient (Wildman–Crippen LogP) is 1.19. The summed E-state index contributed by atoms with van der Waals surface area (Å²) < 4.78 is 37.9. The van der Waals surface area contributed by atoms with E-state index in [9.17, 15) is 17.4 Å². The molecule has 6 nitrogen and oxygen atoms in total. The molecule has 2 atom stereocenters. The van der Waals surface area contributed by atoms with Crippen molar-refractivity contribution in [3.05, 3.63) is 28.2 Å². The van der Waals surface area contributed by atoms with Gasteiger partial charge in [0.05, 0.1) is 10.5 Å². The molecule has 2 unspecified atom stereocenters. The highest BCUT2D eigenvalue weighted by molar-refractivity contribution is 9.10. The van der Waals surface area contributed by atoms with E-state index < -0.39 is 32.8 Å². The van der Waals surface area contributed by atoms with Crippen LogP contribution in [0.5, 0.6) is 0 Å². The number of aromatic carboxylic acids is 1. The Bertz CT molecular complexity index is 644. The molecule has 0 fully saturated rings. The van der Waals surface area contributed by atoms with Crippen molar-refractivity contribution in [2.45, 2.75) is 17.9 Å². The highest BCUT2D eigenvalue weighted by Gasteiger charge is 2.21. The van der Waals surface area contributed by atoms with Crippen molar-refractivity contribution in [2.24, 2.45) is 0 Å². The minimum Gasteiger partial charge on any atom is -0.478 e. The van der Waals surface area contributed by atoms with Crippen LogP contribution < -0.4 is 4.72 Å². The average molecular weight is 384 g/mol. The molecular weight excluding hydrogens is 370 g/mol. The molecule has 0 radical (unpaired) electrons. The highest BCUT2D eigenvalue weighted by Crippen LogP contribution is 2.23. The number of carboxylic acids is 1. The van der Waals surface area contributed by atoms with Crippen LogP contribution in [0.2, 0.25) is 0 Å². The maximum atomic E-state index is 12.1. The Hall–Kier alpha value is -0.770. The van der Waals surface area contributed by atoms with Gasteiger partial charge in [-0.05, 0) is 41.1 Å². The van der Waals surface area contributed by atoms with E-state index in [4.69, 9.17) is 5.11 Å². The molecule has 2 N–H and O–H groups in total. The quantitative estimate of drug-likeness (QED) is 0.768. The van der Waals surface area contributed by atoms with Gasteiger partial charge in [0.25, 0.3) is 0 Å². The largest absolute Gasteiger partial charge is 0.478 e. The van der Waals surface area contributed by atoms with Gasteiger partial charge in [-0.2, -0.15) is 0 Å². The van der Waals surface area contributed by atoms with E-state index in [2.05, 4.69) is 20.7 Å². The highest BCUT2D eigenvalue weighted by atomic mass is 79.9. The molecule has 0 aliphatic heterocycles. The van der Waals surface area contributed by atoms with Gasteiger partial charge in [-0.3, -0.25) is 4.21 Å². The maximum Gasteiger partial charge on any atom is 0.335 e. The lowest BCUT2D eigenvalue weighted by molar-refractivity contribution is 0.0696. The van der Waals surface area contributed by atoms with Gasteiger partial charge in [0.15, 0.2) is 0 Å². The number of nitrogens with one attached hydrogen (secondary N) is 1. The molecule has 0 spiro atoms. The lowest BCUT2D eigenvalue weighted by Gasteiger charge is -2.14. The molecule has 0 aliphatic rings. The van der Waals surface area contributed by atoms with Gasteiger partial charge in [0.2, 0.25) is 10.0 Å². The molecular formula is C11H14BrNO5S2. The minimum absolute atomic E-state index is 0.0152. The Morgan fingerprint density at radius 2 is 2.10 bits per heavy atom. The molecule has 0 bridgehead atoms. The second-order valence-corrected chi connectivity index (χ2v) is 8.23. The second kappa shape index (κ2) is 6.79. The third-order valence-electron chi connectivity index (χ3n) is 2.31.